The molecule has 10 nitrogen and oxygen atoms in total. The summed E-state index contributed by atoms with van der Waals surface area (Å²) in [6, 6.07) is 10.4. The number of ether oxygens (including phenoxy) is 1. The Kier molecular flexibility index (Phi) is 6.32. The average molecular weight is 577 g/mol. The maximum absolute atomic E-state index is 13.3. The Balaban J connectivity index is 1.47. The summed E-state index contributed by atoms with van der Waals surface area (Å²) < 4.78 is 7.51. The number of phenolic OH excluding ortho intramolecular Hbond substituents is 1. The number of methoxy groups -OCH3 is 1. The molecule has 3 heterocycles. The van der Waals surface area contributed by atoms with Crippen LogP contribution < -0.4 is 15.3 Å². The zero-order valence-corrected chi connectivity index (χ0v) is 22.2. The van der Waals surface area contributed by atoms with Crippen molar-refractivity contribution in [3.05, 3.63) is 62.6 Å². The third-order valence-electron chi connectivity index (χ3n) is 5.64. The lowest BCUT2D eigenvalue weighted by molar-refractivity contribution is -0.144. The lowest BCUT2D eigenvalue weighted by atomic mass is 10.2. The maximum Gasteiger partial charge on any atom is 0.280 e. The highest BCUT2D eigenvalue weighted by atomic mass is 79.9. The zero-order valence-electron chi connectivity index (χ0n) is 19.0. The van der Waals surface area contributed by atoms with Gasteiger partial charge < -0.3 is 9.84 Å². The smallest absolute Gasteiger partial charge is 0.280 e. The molecule has 2 aliphatic rings. The number of amides is 1. The van der Waals surface area contributed by atoms with E-state index < -0.39 is 0 Å². The van der Waals surface area contributed by atoms with Crippen molar-refractivity contribution in [2.75, 3.05) is 30.8 Å². The number of aromatic nitrogens is 2. The minimum absolute atomic E-state index is 0.0348. The fraction of sp³-hybridized carbons (Fsp3) is 0.273. The first kappa shape index (κ1) is 23.8. The number of carbonyl (C=O) groups excluding carboxylic acids is 1. The van der Waals surface area contributed by atoms with Crippen molar-refractivity contribution in [1.29, 1.82) is 0 Å². The summed E-state index contributed by atoms with van der Waals surface area (Å²) in [5.41, 5.74) is 1.23. The summed E-state index contributed by atoms with van der Waals surface area (Å²) in [6.07, 6.45) is 0. The molecule has 0 radical (unpaired) electrons. The fourth-order valence-corrected chi connectivity index (χ4v) is 6.33. The predicted molar refractivity (Wildman–Crippen MR) is 141 cm³/mol. The number of hydrazine groups is 1. The van der Waals surface area contributed by atoms with Gasteiger partial charge >= 0.3 is 0 Å². The molecular weight excluding hydrogens is 556 g/mol. The van der Waals surface area contributed by atoms with Crippen LogP contribution >= 0.6 is 39.5 Å². The molecule has 0 bridgehead atoms. The van der Waals surface area contributed by atoms with Crippen molar-refractivity contribution in [2.45, 2.75) is 12.3 Å². The van der Waals surface area contributed by atoms with Gasteiger partial charge in [0.2, 0.25) is 5.17 Å². The van der Waals surface area contributed by atoms with Crippen LogP contribution in [0.5, 0.6) is 11.5 Å². The fourth-order valence-electron chi connectivity index (χ4n) is 3.99. The van der Waals surface area contributed by atoms with E-state index in [1.54, 1.807) is 59.4 Å². The van der Waals surface area contributed by atoms with Gasteiger partial charge in [0.15, 0.2) is 11.5 Å². The molecule has 182 valence electrons. The molecule has 3 aromatic rings. The van der Waals surface area contributed by atoms with Crippen LogP contribution in [0, 0.1) is 6.92 Å². The number of hydrogen-bond donors (Lipinski definition) is 1. The van der Waals surface area contributed by atoms with Crippen molar-refractivity contribution >= 4 is 61.4 Å². The number of nitrogens with zero attached hydrogens (tertiary/aromatic N) is 6. The van der Waals surface area contributed by atoms with E-state index in [1.807, 2.05) is 6.07 Å². The van der Waals surface area contributed by atoms with Crippen molar-refractivity contribution in [3.8, 4) is 11.5 Å². The molecule has 1 N–H and O–H groups in total. The maximum atomic E-state index is 13.3. The Hall–Kier alpha value is -2.90. The number of hydrazone groups is 1. The molecule has 35 heavy (non-hydrogen) atoms. The number of hydrogen-bond acceptors (Lipinski definition) is 10. The highest BCUT2D eigenvalue weighted by Gasteiger charge is 2.40. The summed E-state index contributed by atoms with van der Waals surface area (Å²) in [4.78, 5) is 30.7. The van der Waals surface area contributed by atoms with E-state index in [1.165, 1.54) is 35.3 Å². The minimum atomic E-state index is -0.324. The SMILES string of the molecule is COc1cc(C2SCC(=O)N2N2CSC(N(C)n3c(C)nc4ccc(Br)cc4c3=O)=N2)ccc1O. The Morgan fingerprint density at radius 3 is 2.80 bits per heavy atom. The number of carbonyl (C=O) groups is 1. The number of thioether (sulfide) groups is 2. The summed E-state index contributed by atoms with van der Waals surface area (Å²) in [5.74, 6) is 1.53. The first-order valence-electron chi connectivity index (χ1n) is 10.5. The monoisotopic (exact) mass is 576 g/mol. The summed E-state index contributed by atoms with van der Waals surface area (Å²) in [7, 11) is 3.23. The van der Waals surface area contributed by atoms with E-state index in [4.69, 9.17) is 4.74 Å². The van der Waals surface area contributed by atoms with E-state index in [9.17, 15) is 14.7 Å². The Labute approximate surface area is 217 Å². The van der Waals surface area contributed by atoms with E-state index >= 15 is 0 Å². The van der Waals surface area contributed by atoms with Crippen molar-refractivity contribution in [2.24, 2.45) is 5.10 Å². The Morgan fingerprint density at radius 2 is 2.03 bits per heavy atom. The zero-order chi connectivity index (χ0) is 24.9. The largest absolute Gasteiger partial charge is 0.504 e. The van der Waals surface area contributed by atoms with Crippen LogP contribution in [0.3, 0.4) is 0 Å². The predicted octanol–water partition coefficient (Wildman–Crippen LogP) is 3.22. The van der Waals surface area contributed by atoms with Gasteiger partial charge in [0.1, 0.15) is 17.1 Å². The van der Waals surface area contributed by atoms with Crippen LogP contribution in [0.1, 0.15) is 16.8 Å². The lowest BCUT2D eigenvalue weighted by Gasteiger charge is -2.30. The molecule has 13 heteroatoms. The third kappa shape index (κ3) is 4.21. The molecular formula is C22H21BrN6O4S2. The third-order valence-corrected chi connectivity index (χ3v) is 8.30. The molecule has 1 unspecified atom stereocenters. The second kappa shape index (κ2) is 9.28. The number of halogens is 1. The number of phenols is 1. The summed E-state index contributed by atoms with van der Waals surface area (Å²) in [6.45, 7) is 1.77. The van der Waals surface area contributed by atoms with Crippen molar-refractivity contribution < 1.29 is 14.6 Å². The Morgan fingerprint density at radius 1 is 1.23 bits per heavy atom. The van der Waals surface area contributed by atoms with Crippen LogP contribution in [-0.4, -0.2) is 61.8 Å². The number of fused-ring (bicyclic) bond motifs is 1. The van der Waals surface area contributed by atoms with Gasteiger partial charge in [-0.2, -0.15) is 5.12 Å². The standard InChI is InChI=1S/C22H21BrN6O4S2/c1-12-24-16-6-5-14(23)9-15(16)20(32)28(12)26(2)22-25-27(11-35-22)29-19(31)10-34-21(29)13-4-7-17(30)18(8-13)33-3/h4-9,21,30H,10-11H2,1-3H3. The van der Waals surface area contributed by atoms with Crippen LogP contribution in [0.2, 0.25) is 0 Å². The van der Waals surface area contributed by atoms with Gasteiger partial charge in [-0.25, -0.2) is 14.7 Å². The highest BCUT2D eigenvalue weighted by molar-refractivity contribution is 9.10. The highest BCUT2D eigenvalue weighted by Crippen LogP contribution is 2.43. The molecule has 1 fully saturated rings. The first-order valence-corrected chi connectivity index (χ1v) is 13.3. The number of aromatic hydroxyl groups is 1. The molecule has 1 atom stereocenters. The van der Waals surface area contributed by atoms with Gasteiger partial charge in [0.05, 0.1) is 23.8 Å². The average Bonchev–Trinajstić information content (AvgIpc) is 3.46. The second-order valence-corrected chi connectivity index (χ2v) is 10.7. The number of rotatable bonds is 4. The molecule has 2 aromatic carbocycles. The molecule has 0 saturated carbocycles. The number of amidine groups is 1. The molecule has 1 saturated heterocycles. The van der Waals surface area contributed by atoms with Gasteiger partial charge in [0, 0.05) is 11.5 Å². The van der Waals surface area contributed by atoms with Crippen molar-refractivity contribution in [1.82, 2.24) is 19.8 Å². The summed E-state index contributed by atoms with van der Waals surface area (Å²) >= 11 is 6.30. The molecule has 1 aromatic heterocycles. The van der Waals surface area contributed by atoms with E-state index in [0.717, 1.165) is 10.0 Å². The van der Waals surface area contributed by atoms with Gasteiger partial charge in [-0.1, -0.05) is 33.8 Å². The van der Waals surface area contributed by atoms with Gasteiger partial charge in [-0.3, -0.25) is 14.6 Å². The molecule has 1 amide bonds. The first-order chi connectivity index (χ1) is 16.8. The van der Waals surface area contributed by atoms with E-state index in [-0.39, 0.29) is 22.6 Å². The van der Waals surface area contributed by atoms with Gasteiger partial charge in [0.25, 0.3) is 11.5 Å². The number of aryl methyl sites for hydroxylation is 1. The molecule has 0 aliphatic carbocycles. The normalized spacial score (nSPS) is 17.9. The topological polar surface area (TPSA) is 104 Å². The van der Waals surface area contributed by atoms with Gasteiger partial charge in [-0.05, 0) is 42.8 Å². The van der Waals surface area contributed by atoms with Crippen LogP contribution in [0.4, 0.5) is 0 Å². The summed E-state index contributed by atoms with van der Waals surface area (Å²) in [5, 5.41) is 20.2. The van der Waals surface area contributed by atoms with Crippen LogP contribution in [0.15, 0.2) is 50.8 Å². The lowest BCUT2D eigenvalue weighted by Crippen LogP contribution is -2.44. The molecule has 5 rings (SSSR count). The van der Waals surface area contributed by atoms with E-state index in [2.05, 4.69) is 26.0 Å². The number of benzene rings is 2. The van der Waals surface area contributed by atoms with Gasteiger partial charge in [-0.15, -0.1) is 16.9 Å². The van der Waals surface area contributed by atoms with Crippen molar-refractivity contribution in [3.63, 3.8) is 0 Å². The van der Waals surface area contributed by atoms with E-state index in [0.29, 0.717) is 39.3 Å². The van der Waals surface area contributed by atoms with Crippen LogP contribution in [0.25, 0.3) is 10.9 Å². The Bertz CT molecular complexity index is 1430. The second-order valence-electron chi connectivity index (χ2n) is 7.82. The minimum Gasteiger partial charge on any atom is -0.504 e. The molecule has 0 spiro atoms. The van der Waals surface area contributed by atoms with Crippen LogP contribution in [-0.2, 0) is 4.79 Å². The quantitative estimate of drug-likeness (QED) is 0.501. The molecule has 2 aliphatic heterocycles.